The number of aliphatic hydroxyl groups excluding tert-OH is 1. The van der Waals surface area contributed by atoms with Crippen LogP contribution in [0.2, 0.25) is 0 Å². The molecule has 14 heavy (non-hydrogen) atoms. The number of nitrogens with two attached hydrogens (primary N) is 1. The Morgan fingerprint density at radius 3 is 2.86 bits per heavy atom. The molecule has 0 amide bonds. The minimum Gasteiger partial charge on any atom is -0.388 e. The molecule has 0 aliphatic carbocycles. The molecule has 0 bridgehead atoms. The molecule has 1 atom stereocenters. The van der Waals surface area contributed by atoms with E-state index in [0.29, 0.717) is 18.5 Å². The third-order valence-electron chi connectivity index (χ3n) is 1.92. The Kier molecular flexibility index (Phi) is 4.08. The van der Waals surface area contributed by atoms with E-state index in [-0.39, 0.29) is 0 Å². The fraction of sp³-hybridized carbons (Fsp3) is 0.300. The monoisotopic (exact) mass is 254 g/mol. The van der Waals surface area contributed by atoms with Crippen molar-refractivity contribution >= 4 is 15.9 Å². The van der Waals surface area contributed by atoms with Gasteiger partial charge in [-0.3, -0.25) is 0 Å². The highest BCUT2D eigenvalue weighted by molar-refractivity contribution is 9.10. The number of nitriles is 1. The summed E-state index contributed by atoms with van der Waals surface area (Å²) in [6.07, 6.45) is -0.115. The third kappa shape index (κ3) is 2.55. The zero-order valence-corrected chi connectivity index (χ0v) is 9.16. The van der Waals surface area contributed by atoms with Gasteiger partial charge in [0, 0.05) is 4.47 Å². The van der Waals surface area contributed by atoms with Crippen LogP contribution in [0, 0.1) is 11.3 Å². The summed E-state index contributed by atoms with van der Waals surface area (Å²) in [5.41, 5.74) is 6.61. The predicted octanol–water partition coefficient (Wildman–Crippen LogP) is 1.70. The summed E-state index contributed by atoms with van der Waals surface area (Å²) < 4.78 is 0.803. The molecule has 1 aromatic rings. The smallest absolute Gasteiger partial charge is 0.0991 e. The van der Waals surface area contributed by atoms with Crippen molar-refractivity contribution in [2.45, 2.75) is 12.5 Å². The van der Waals surface area contributed by atoms with E-state index in [2.05, 4.69) is 15.9 Å². The molecule has 0 unspecified atom stereocenters. The van der Waals surface area contributed by atoms with Crippen molar-refractivity contribution < 1.29 is 5.11 Å². The first-order valence-electron chi connectivity index (χ1n) is 4.26. The molecule has 0 saturated heterocycles. The van der Waals surface area contributed by atoms with E-state index in [0.717, 1.165) is 10.0 Å². The van der Waals surface area contributed by atoms with Crippen LogP contribution in [0.5, 0.6) is 0 Å². The van der Waals surface area contributed by atoms with Crippen molar-refractivity contribution in [2.75, 3.05) is 6.54 Å². The van der Waals surface area contributed by atoms with Gasteiger partial charge in [0.25, 0.3) is 0 Å². The Morgan fingerprint density at radius 1 is 1.57 bits per heavy atom. The Labute approximate surface area is 91.3 Å². The highest BCUT2D eigenvalue weighted by Crippen LogP contribution is 2.26. The summed E-state index contributed by atoms with van der Waals surface area (Å²) in [7, 11) is 0. The summed E-state index contributed by atoms with van der Waals surface area (Å²) in [6, 6.07) is 7.15. The zero-order valence-electron chi connectivity index (χ0n) is 7.57. The highest BCUT2D eigenvalue weighted by atomic mass is 79.9. The number of hydrogen-bond donors (Lipinski definition) is 2. The molecule has 0 aromatic heterocycles. The fourth-order valence-corrected chi connectivity index (χ4v) is 1.69. The van der Waals surface area contributed by atoms with Crippen LogP contribution >= 0.6 is 15.9 Å². The van der Waals surface area contributed by atoms with Gasteiger partial charge in [0.1, 0.15) is 0 Å². The van der Waals surface area contributed by atoms with E-state index in [9.17, 15) is 5.11 Å². The number of rotatable bonds is 3. The van der Waals surface area contributed by atoms with Crippen LogP contribution in [0.25, 0.3) is 0 Å². The SMILES string of the molecule is N#Cc1ccc(Br)c([C@@H](O)CCN)c1. The Hall–Kier alpha value is -0.890. The van der Waals surface area contributed by atoms with Gasteiger partial charge in [0.15, 0.2) is 0 Å². The standard InChI is InChI=1S/C10H11BrN2O/c11-9-2-1-7(6-13)5-8(9)10(14)3-4-12/h1-2,5,10,14H,3-4,12H2/t10-/m0/s1. The molecule has 0 aliphatic heterocycles. The van der Waals surface area contributed by atoms with Gasteiger partial charge < -0.3 is 10.8 Å². The average Bonchev–Trinajstić information content (AvgIpc) is 2.19. The first-order valence-corrected chi connectivity index (χ1v) is 5.06. The van der Waals surface area contributed by atoms with Crippen LogP contribution in [0.4, 0.5) is 0 Å². The number of halogens is 1. The molecular formula is C10H11BrN2O. The minimum absolute atomic E-state index is 0.421. The zero-order chi connectivity index (χ0) is 10.6. The van der Waals surface area contributed by atoms with Crippen LogP contribution in [0.15, 0.2) is 22.7 Å². The van der Waals surface area contributed by atoms with Gasteiger partial charge in [-0.1, -0.05) is 15.9 Å². The molecule has 0 saturated carbocycles. The lowest BCUT2D eigenvalue weighted by atomic mass is 10.0. The predicted molar refractivity (Wildman–Crippen MR) is 57.5 cm³/mol. The molecule has 74 valence electrons. The lowest BCUT2D eigenvalue weighted by molar-refractivity contribution is 0.169. The maximum atomic E-state index is 9.70. The van der Waals surface area contributed by atoms with Crippen molar-refractivity contribution in [3.8, 4) is 6.07 Å². The molecule has 0 fully saturated rings. The molecule has 0 aliphatic rings. The molecule has 3 nitrogen and oxygen atoms in total. The summed E-state index contributed by atoms with van der Waals surface area (Å²) >= 11 is 3.32. The summed E-state index contributed by atoms with van der Waals surface area (Å²) in [5.74, 6) is 0. The van der Waals surface area contributed by atoms with E-state index >= 15 is 0 Å². The lowest BCUT2D eigenvalue weighted by Crippen LogP contribution is -2.07. The van der Waals surface area contributed by atoms with Crippen LogP contribution in [0.3, 0.4) is 0 Å². The van der Waals surface area contributed by atoms with Gasteiger partial charge in [-0.05, 0) is 36.7 Å². The first-order chi connectivity index (χ1) is 6.69. The number of hydrogen-bond acceptors (Lipinski definition) is 3. The quantitative estimate of drug-likeness (QED) is 0.863. The number of aliphatic hydroxyl groups is 1. The average molecular weight is 255 g/mol. The van der Waals surface area contributed by atoms with Crippen LogP contribution in [-0.2, 0) is 0 Å². The molecule has 4 heteroatoms. The molecule has 1 aromatic carbocycles. The molecule has 1 rings (SSSR count). The second-order valence-corrected chi connectivity index (χ2v) is 3.80. The largest absolute Gasteiger partial charge is 0.388 e. The third-order valence-corrected chi connectivity index (χ3v) is 2.65. The van der Waals surface area contributed by atoms with Gasteiger partial charge in [-0.25, -0.2) is 0 Å². The van der Waals surface area contributed by atoms with Gasteiger partial charge in [0.2, 0.25) is 0 Å². The van der Waals surface area contributed by atoms with Crippen LogP contribution in [-0.4, -0.2) is 11.7 Å². The number of benzene rings is 1. The maximum Gasteiger partial charge on any atom is 0.0991 e. The second-order valence-electron chi connectivity index (χ2n) is 2.94. The van der Waals surface area contributed by atoms with Crippen LogP contribution < -0.4 is 5.73 Å². The molecule has 0 radical (unpaired) electrons. The second kappa shape index (κ2) is 5.11. The molecule has 3 N–H and O–H groups in total. The topological polar surface area (TPSA) is 70.0 Å². The number of nitrogens with zero attached hydrogens (tertiary/aromatic N) is 1. The Morgan fingerprint density at radius 2 is 2.29 bits per heavy atom. The molecular weight excluding hydrogens is 244 g/mol. The van der Waals surface area contributed by atoms with Gasteiger partial charge >= 0.3 is 0 Å². The van der Waals surface area contributed by atoms with E-state index < -0.39 is 6.10 Å². The highest BCUT2D eigenvalue weighted by Gasteiger charge is 2.10. The van der Waals surface area contributed by atoms with Crippen LogP contribution in [0.1, 0.15) is 23.7 Å². The summed E-state index contributed by atoms with van der Waals surface area (Å²) in [6.45, 7) is 0.421. The van der Waals surface area contributed by atoms with Crippen molar-refractivity contribution in [3.05, 3.63) is 33.8 Å². The van der Waals surface area contributed by atoms with E-state index in [1.807, 2.05) is 6.07 Å². The Bertz CT molecular complexity index is 360. The van der Waals surface area contributed by atoms with Gasteiger partial charge in [-0.2, -0.15) is 5.26 Å². The maximum absolute atomic E-state index is 9.70. The lowest BCUT2D eigenvalue weighted by Gasteiger charge is -2.11. The van der Waals surface area contributed by atoms with Crippen molar-refractivity contribution in [2.24, 2.45) is 5.73 Å². The van der Waals surface area contributed by atoms with Crippen molar-refractivity contribution in [3.63, 3.8) is 0 Å². The summed E-state index contributed by atoms with van der Waals surface area (Å²) in [5, 5.41) is 18.4. The van der Waals surface area contributed by atoms with E-state index in [1.54, 1.807) is 18.2 Å². The van der Waals surface area contributed by atoms with Crippen molar-refractivity contribution in [1.29, 1.82) is 5.26 Å². The summed E-state index contributed by atoms with van der Waals surface area (Å²) in [4.78, 5) is 0. The minimum atomic E-state index is -0.609. The molecule has 0 heterocycles. The van der Waals surface area contributed by atoms with Gasteiger partial charge in [-0.15, -0.1) is 0 Å². The van der Waals surface area contributed by atoms with E-state index in [4.69, 9.17) is 11.0 Å². The first kappa shape index (κ1) is 11.2. The van der Waals surface area contributed by atoms with Gasteiger partial charge in [0.05, 0.1) is 17.7 Å². The van der Waals surface area contributed by atoms with E-state index in [1.165, 1.54) is 0 Å². The van der Waals surface area contributed by atoms with Crippen molar-refractivity contribution in [1.82, 2.24) is 0 Å². The molecule has 0 spiro atoms. The Balaban J connectivity index is 3.01. The normalized spacial score (nSPS) is 12.1. The fourth-order valence-electron chi connectivity index (χ4n) is 1.18.